The number of fused-ring (bicyclic) bond motifs is 2. The lowest BCUT2D eigenvalue weighted by molar-refractivity contribution is -0.136. The van der Waals surface area contributed by atoms with Gasteiger partial charge < -0.3 is 4.90 Å². The van der Waals surface area contributed by atoms with Gasteiger partial charge in [0.25, 0.3) is 5.91 Å². The van der Waals surface area contributed by atoms with Gasteiger partial charge in [-0.3, -0.25) is 24.7 Å². The summed E-state index contributed by atoms with van der Waals surface area (Å²) < 4.78 is 0. The van der Waals surface area contributed by atoms with Crippen molar-refractivity contribution in [2.75, 3.05) is 0 Å². The molecule has 1 saturated heterocycles. The molecule has 3 amide bonds. The van der Waals surface area contributed by atoms with E-state index in [2.05, 4.69) is 16.4 Å². The number of hydrogen-bond donors (Lipinski definition) is 1. The Labute approximate surface area is 167 Å². The van der Waals surface area contributed by atoms with E-state index in [1.165, 1.54) is 0 Å². The minimum absolute atomic E-state index is 0.159. The van der Waals surface area contributed by atoms with Crippen LogP contribution < -0.4 is 5.32 Å². The first-order valence-electron chi connectivity index (χ1n) is 9.64. The molecule has 2 aliphatic heterocycles. The van der Waals surface area contributed by atoms with Gasteiger partial charge >= 0.3 is 0 Å². The number of pyridine rings is 1. The maximum Gasteiger partial charge on any atom is 0.255 e. The van der Waals surface area contributed by atoms with E-state index in [-0.39, 0.29) is 18.2 Å². The van der Waals surface area contributed by atoms with Crippen molar-refractivity contribution in [3.63, 3.8) is 0 Å². The lowest BCUT2D eigenvalue weighted by atomic mass is 10.00. The molecule has 1 atom stereocenters. The van der Waals surface area contributed by atoms with Crippen LogP contribution in [0.1, 0.15) is 34.3 Å². The number of benzene rings is 2. The number of amides is 3. The number of piperidine rings is 1. The molecule has 2 aliphatic rings. The molecular weight excluding hydrogens is 366 g/mol. The Balaban J connectivity index is 1.47. The van der Waals surface area contributed by atoms with Gasteiger partial charge in [-0.05, 0) is 48.2 Å². The van der Waals surface area contributed by atoms with Crippen LogP contribution in [0.25, 0.3) is 22.0 Å². The number of nitrogens with zero attached hydrogens (tertiary/aromatic N) is 2. The molecule has 3 heterocycles. The summed E-state index contributed by atoms with van der Waals surface area (Å²) in [4.78, 5) is 42.6. The summed E-state index contributed by atoms with van der Waals surface area (Å²) in [5, 5.41) is 3.41. The monoisotopic (exact) mass is 385 g/mol. The number of carbonyl (C=O) groups excluding carboxylic acids is 3. The van der Waals surface area contributed by atoms with Crippen molar-refractivity contribution in [2.24, 2.45) is 0 Å². The molecule has 3 aromatic rings. The smallest absolute Gasteiger partial charge is 0.255 e. The fourth-order valence-corrected chi connectivity index (χ4v) is 4.23. The van der Waals surface area contributed by atoms with Crippen molar-refractivity contribution in [3.8, 4) is 11.1 Å². The van der Waals surface area contributed by atoms with Crippen molar-refractivity contribution < 1.29 is 14.4 Å². The van der Waals surface area contributed by atoms with E-state index in [0.717, 1.165) is 33.2 Å². The van der Waals surface area contributed by atoms with Crippen LogP contribution in [-0.4, -0.2) is 33.6 Å². The van der Waals surface area contributed by atoms with Crippen LogP contribution in [0.15, 0.2) is 48.7 Å². The summed E-state index contributed by atoms with van der Waals surface area (Å²) in [7, 11) is 0. The highest BCUT2D eigenvalue weighted by atomic mass is 16.2. The third kappa shape index (κ3) is 2.88. The van der Waals surface area contributed by atoms with Crippen LogP contribution in [0.5, 0.6) is 0 Å². The summed E-state index contributed by atoms with van der Waals surface area (Å²) >= 11 is 0. The van der Waals surface area contributed by atoms with Crippen LogP contribution in [0.3, 0.4) is 0 Å². The first-order chi connectivity index (χ1) is 14.0. The van der Waals surface area contributed by atoms with Gasteiger partial charge in [0.2, 0.25) is 11.8 Å². The average Bonchev–Trinajstić information content (AvgIpc) is 3.04. The van der Waals surface area contributed by atoms with Gasteiger partial charge in [0.05, 0.1) is 5.52 Å². The third-order valence-electron chi connectivity index (χ3n) is 5.77. The molecule has 29 heavy (non-hydrogen) atoms. The molecule has 1 aromatic heterocycles. The maximum absolute atomic E-state index is 12.8. The van der Waals surface area contributed by atoms with E-state index in [9.17, 15) is 14.4 Å². The largest absolute Gasteiger partial charge is 0.322 e. The molecule has 6 nitrogen and oxygen atoms in total. The molecule has 6 heteroatoms. The van der Waals surface area contributed by atoms with Crippen LogP contribution in [-0.2, 0) is 16.1 Å². The van der Waals surface area contributed by atoms with Crippen LogP contribution in [0, 0.1) is 6.92 Å². The van der Waals surface area contributed by atoms with Gasteiger partial charge in [-0.1, -0.05) is 24.3 Å². The Morgan fingerprint density at radius 1 is 1.07 bits per heavy atom. The number of imide groups is 1. The summed E-state index contributed by atoms with van der Waals surface area (Å²) in [6.07, 6.45) is 2.47. The standard InChI is InChI=1S/C23H19N3O3/c1-13-3-2-4-15-10-16(11-24-21(13)15)14-5-6-18-17(9-14)12-26(23(18)29)19-7-8-20(27)25-22(19)28/h2-6,9-11,19H,7-8,12H2,1H3,(H,25,27,28). The highest BCUT2D eigenvalue weighted by Crippen LogP contribution is 2.32. The normalized spacial score (nSPS) is 18.9. The Hall–Kier alpha value is -3.54. The van der Waals surface area contributed by atoms with Crippen LogP contribution in [0.2, 0.25) is 0 Å². The van der Waals surface area contributed by atoms with Crippen LogP contribution >= 0.6 is 0 Å². The fraction of sp³-hybridized carbons (Fsp3) is 0.217. The van der Waals surface area contributed by atoms with E-state index in [1.54, 1.807) is 4.90 Å². The second kappa shape index (κ2) is 6.51. The van der Waals surface area contributed by atoms with Gasteiger partial charge in [0.1, 0.15) is 6.04 Å². The summed E-state index contributed by atoms with van der Waals surface area (Å²) in [5.41, 5.74) is 5.59. The number of aromatic nitrogens is 1. The van der Waals surface area contributed by atoms with Gasteiger partial charge in [-0.2, -0.15) is 0 Å². The molecule has 1 N–H and O–H groups in total. The first-order valence-corrected chi connectivity index (χ1v) is 9.64. The second-order valence-corrected chi connectivity index (χ2v) is 7.64. The van der Waals surface area contributed by atoms with E-state index >= 15 is 0 Å². The quantitative estimate of drug-likeness (QED) is 0.688. The molecular formula is C23H19N3O3. The minimum atomic E-state index is -0.596. The molecule has 0 radical (unpaired) electrons. The zero-order chi connectivity index (χ0) is 20.1. The third-order valence-corrected chi connectivity index (χ3v) is 5.77. The van der Waals surface area contributed by atoms with E-state index in [0.29, 0.717) is 18.5 Å². The lowest BCUT2D eigenvalue weighted by Crippen LogP contribution is -2.52. The zero-order valence-electron chi connectivity index (χ0n) is 15.9. The Kier molecular flexibility index (Phi) is 3.94. The van der Waals surface area contributed by atoms with E-state index < -0.39 is 11.9 Å². The van der Waals surface area contributed by atoms with Gasteiger partial charge in [-0.25, -0.2) is 0 Å². The molecule has 0 spiro atoms. The molecule has 144 valence electrons. The predicted octanol–water partition coefficient (Wildman–Crippen LogP) is 2.97. The summed E-state index contributed by atoms with van der Waals surface area (Å²) in [6.45, 7) is 2.41. The Bertz CT molecular complexity index is 1200. The number of hydrogen-bond acceptors (Lipinski definition) is 4. The van der Waals surface area contributed by atoms with Gasteiger partial charge in [0.15, 0.2) is 0 Å². The van der Waals surface area contributed by atoms with Gasteiger partial charge in [-0.15, -0.1) is 0 Å². The SMILES string of the molecule is Cc1cccc2cc(-c3ccc4c(c3)CN(C3CCC(=O)NC3=O)C4=O)cnc12. The number of para-hydroxylation sites is 1. The van der Waals surface area contributed by atoms with E-state index in [4.69, 9.17) is 0 Å². The molecule has 0 aliphatic carbocycles. The van der Waals surface area contributed by atoms with E-state index in [1.807, 2.05) is 49.5 Å². The minimum Gasteiger partial charge on any atom is -0.322 e. The Morgan fingerprint density at radius 3 is 2.76 bits per heavy atom. The van der Waals surface area contributed by atoms with Crippen molar-refractivity contribution in [1.29, 1.82) is 0 Å². The van der Waals surface area contributed by atoms with Crippen molar-refractivity contribution in [3.05, 3.63) is 65.4 Å². The predicted molar refractivity (Wildman–Crippen MR) is 108 cm³/mol. The highest BCUT2D eigenvalue weighted by Gasteiger charge is 2.39. The summed E-state index contributed by atoms with van der Waals surface area (Å²) in [6, 6.07) is 13.3. The number of carbonyl (C=O) groups is 3. The molecule has 2 aromatic carbocycles. The average molecular weight is 385 g/mol. The number of aryl methyl sites for hydroxylation is 1. The highest BCUT2D eigenvalue weighted by molar-refractivity contribution is 6.05. The first kappa shape index (κ1) is 17.6. The van der Waals surface area contributed by atoms with Crippen molar-refractivity contribution in [1.82, 2.24) is 15.2 Å². The van der Waals surface area contributed by atoms with Crippen LogP contribution in [0.4, 0.5) is 0 Å². The topological polar surface area (TPSA) is 79.4 Å². The van der Waals surface area contributed by atoms with Crippen molar-refractivity contribution in [2.45, 2.75) is 32.4 Å². The molecule has 1 unspecified atom stereocenters. The summed E-state index contributed by atoms with van der Waals surface area (Å²) in [5.74, 6) is -0.832. The number of rotatable bonds is 2. The Morgan fingerprint density at radius 2 is 1.93 bits per heavy atom. The van der Waals surface area contributed by atoms with Gasteiger partial charge in [0, 0.05) is 35.7 Å². The second-order valence-electron chi connectivity index (χ2n) is 7.64. The lowest BCUT2D eigenvalue weighted by Gasteiger charge is -2.29. The zero-order valence-corrected chi connectivity index (χ0v) is 15.9. The molecule has 1 fully saturated rings. The number of nitrogens with one attached hydrogen (secondary N) is 1. The fourth-order valence-electron chi connectivity index (χ4n) is 4.23. The van der Waals surface area contributed by atoms with Crippen molar-refractivity contribution >= 4 is 28.6 Å². The maximum atomic E-state index is 12.8. The molecule has 0 bridgehead atoms. The molecule has 5 rings (SSSR count). The molecule has 0 saturated carbocycles.